The molecule has 0 spiro atoms. The first-order chi connectivity index (χ1) is 6.42. The van der Waals surface area contributed by atoms with Gasteiger partial charge in [-0.05, 0) is 6.07 Å². The highest BCUT2D eigenvalue weighted by Gasteiger charge is 2.00. The highest BCUT2D eigenvalue weighted by atomic mass is 15.2. The zero-order chi connectivity index (χ0) is 9.10. The van der Waals surface area contributed by atoms with Crippen LogP contribution in [0.2, 0.25) is 0 Å². The Hall–Kier alpha value is -1.62. The van der Waals surface area contributed by atoms with Crippen molar-refractivity contribution in [3.8, 4) is 0 Å². The molecule has 0 saturated carbocycles. The van der Waals surface area contributed by atoms with Crippen LogP contribution in [-0.2, 0) is 0 Å². The second-order valence-corrected chi connectivity index (χ2v) is 2.65. The van der Waals surface area contributed by atoms with Crippen LogP contribution >= 0.6 is 0 Å². The summed E-state index contributed by atoms with van der Waals surface area (Å²) in [7, 11) is 0. The molecule has 5 heteroatoms. The number of hydrogen-bond acceptors (Lipinski definition) is 4. The third-order valence-corrected chi connectivity index (χ3v) is 1.76. The summed E-state index contributed by atoms with van der Waals surface area (Å²) < 4.78 is 1.77. The molecule has 5 nitrogen and oxygen atoms in total. The van der Waals surface area contributed by atoms with Crippen molar-refractivity contribution in [1.29, 1.82) is 0 Å². The van der Waals surface area contributed by atoms with Gasteiger partial charge in [-0.25, -0.2) is 9.50 Å². The van der Waals surface area contributed by atoms with Crippen molar-refractivity contribution in [3.63, 3.8) is 0 Å². The van der Waals surface area contributed by atoms with E-state index in [1.807, 2.05) is 12.3 Å². The molecule has 0 saturated heterocycles. The molecule has 0 unspecified atom stereocenters. The lowest BCUT2D eigenvalue weighted by molar-refractivity contribution is 0.938. The van der Waals surface area contributed by atoms with Crippen LogP contribution in [0.15, 0.2) is 24.7 Å². The zero-order valence-corrected chi connectivity index (χ0v) is 7.14. The largest absolute Gasteiger partial charge is 0.367 e. The maximum Gasteiger partial charge on any atom is 0.152 e. The van der Waals surface area contributed by atoms with Crippen LogP contribution in [0.25, 0.3) is 5.52 Å². The van der Waals surface area contributed by atoms with E-state index in [-0.39, 0.29) is 0 Å². The van der Waals surface area contributed by atoms with Crippen LogP contribution in [0.3, 0.4) is 0 Å². The first-order valence-electron chi connectivity index (χ1n) is 4.14. The van der Waals surface area contributed by atoms with Crippen LogP contribution in [-0.4, -0.2) is 27.7 Å². The quantitative estimate of drug-likeness (QED) is 0.697. The highest BCUT2D eigenvalue weighted by Crippen LogP contribution is 2.11. The number of nitrogens with one attached hydrogen (secondary N) is 1. The van der Waals surface area contributed by atoms with Crippen molar-refractivity contribution in [2.24, 2.45) is 5.73 Å². The molecule has 0 radical (unpaired) electrons. The van der Waals surface area contributed by atoms with Crippen molar-refractivity contribution in [1.82, 2.24) is 14.6 Å². The minimum absolute atomic E-state index is 0.594. The van der Waals surface area contributed by atoms with Gasteiger partial charge in [-0.15, -0.1) is 0 Å². The fourth-order valence-corrected chi connectivity index (χ4v) is 1.18. The van der Waals surface area contributed by atoms with Gasteiger partial charge in [0.05, 0.1) is 6.20 Å². The third-order valence-electron chi connectivity index (χ3n) is 1.76. The summed E-state index contributed by atoms with van der Waals surface area (Å²) in [4.78, 5) is 4.19. The van der Waals surface area contributed by atoms with E-state index in [9.17, 15) is 0 Å². The molecule has 0 aliphatic heterocycles. The van der Waals surface area contributed by atoms with Crippen molar-refractivity contribution in [3.05, 3.63) is 24.7 Å². The summed E-state index contributed by atoms with van der Waals surface area (Å²) in [6, 6.07) is 1.91. The monoisotopic (exact) mass is 177 g/mol. The van der Waals surface area contributed by atoms with Gasteiger partial charge in [0.2, 0.25) is 0 Å². The van der Waals surface area contributed by atoms with Crippen LogP contribution in [0.4, 0.5) is 5.82 Å². The van der Waals surface area contributed by atoms with Gasteiger partial charge < -0.3 is 11.1 Å². The fraction of sp³-hybridized carbons (Fsp3) is 0.250. The lowest BCUT2D eigenvalue weighted by Crippen LogP contribution is -2.14. The topological polar surface area (TPSA) is 68.2 Å². The number of anilines is 1. The minimum Gasteiger partial charge on any atom is -0.367 e. The Morgan fingerprint density at radius 3 is 3.23 bits per heavy atom. The van der Waals surface area contributed by atoms with Crippen molar-refractivity contribution in [2.45, 2.75) is 0 Å². The normalized spacial score (nSPS) is 10.5. The number of aromatic nitrogens is 3. The standard InChI is InChI=1S/C8H11N5/c9-2-4-10-8-7-1-3-12-13(7)6-5-11-8/h1,3,5-6H,2,4,9H2,(H,10,11). The Labute approximate surface area is 75.6 Å². The molecule has 0 amide bonds. The van der Waals surface area contributed by atoms with Gasteiger partial charge in [0.25, 0.3) is 0 Å². The molecular formula is C8H11N5. The molecule has 0 aromatic carbocycles. The van der Waals surface area contributed by atoms with Crippen molar-refractivity contribution >= 4 is 11.3 Å². The summed E-state index contributed by atoms with van der Waals surface area (Å²) in [5.41, 5.74) is 6.35. The highest BCUT2D eigenvalue weighted by molar-refractivity contribution is 5.66. The van der Waals surface area contributed by atoms with E-state index in [1.54, 1.807) is 16.9 Å². The van der Waals surface area contributed by atoms with Gasteiger partial charge in [0.1, 0.15) is 5.52 Å². The second-order valence-electron chi connectivity index (χ2n) is 2.65. The molecule has 68 valence electrons. The van der Waals surface area contributed by atoms with E-state index in [0.29, 0.717) is 6.54 Å². The molecule has 3 N–H and O–H groups in total. The van der Waals surface area contributed by atoms with E-state index in [4.69, 9.17) is 5.73 Å². The number of nitrogens with zero attached hydrogens (tertiary/aromatic N) is 3. The molecule has 13 heavy (non-hydrogen) atoms. The van der Waals surface area contributed by atoms with E-state index in [1.165, 1.54) is 0 Å². The van der Waals surface area contributed by atoms with Crippen molar-refractivity contribution in [2.75, 3.05) is 18.4 Å². The lowest BCUT2D eigenvalue weighted by atomic mass is 10.4. The molecule has 0 fully saturated rings. The van der Waals surface area contributed by atoms with Gasteiger partial charge in [0, 0.05) is 25.5 Å². The molecule has 2 rings (SSSR count). The SMILES string of the molecule is NCCNc1nccn2nccc12. The maximum atomic E-state index is 5.38. The zero-order valence-electron chi connectivity index (χ0n) is 7.14. The minimum atomic E-state index is 0.594. The van der Waals surface area contributed by atoms with Gasteiger partial charge in [-0.3, -0.25) is 0 Å². The van der Waals surface area contributed by atoms with Crippen molar-refractivity contribution < 1.29 is 0 Å². The molecule has 0 aliphatic rings. The Bertz CT molecular complexity index is 394. The molecule has 0 aliphatic carbocycles. The van der Waals surface area contributed by atoms with Gasteiger partial charge >= 0.3 is 0 Å². The Balaban J connectivity index is 2.37. The number of nitrogens with two attached hydrogens (primary N) is 1. The van der Waals surface area contributed by atoms with Crippen LogP contribution in [0.1, 0.15) is 0 Å². The fourth-order valence-electron chi connectivity index (χ4n) is 1.18. The van der Waals surface area contributed by atoms with Crippen LogP contribution < -0.4 is 11.1 Å². The van der Waals surface area contributed by atoms with E-state index in [0.717, 1.165) is 17.9 Å². The third kappa shape index (κ3) is 1.46. The summed E-state index contributed by atoms with van der Waals surface area (Å²) in [6.45, 7) is 1.31. The summed E-state index contributed by atoms with van der Waals surface area (Å²) in [5, 5.41) is 7.22. The maximum absolute atomic E-state index is 5.38. The Morgan fingerprint density at radius 1 is 1.46 bits per heavy atom. The van der Waals surface area contributed by atoms with E-state index < -0.39 is 0 Å². The van der Waals surface area contributed by atoms with Gasteiger partial charge in [0.15, 0.2) is 5.82 Å². The predicted molar refractivity (Wildman–Crippen MR) is 50.5 cm³/mol. The average Bonchev–Trinajstić information content (AvgIpc) is 2.62. The summed E-state index contributed by atoms with van der Waals surface area (Å²) in [5.74, 6) is 0.824. The smallest absolute Gasteiger partial charge is 0.152 e. The Kier molecular flexibility index (Phi) is 2.09. The van der Waals surface area contributed by atoms with Gasteiger partial charge in [-0.2, -0.15) is 5.10 Å². The van der Waals surface area contributed by atoms with E-state index >= 15 is 0 Å². The number of rotatable bonds is 3. The second kappa shape index (κ2) is 3.40. The summed E-state index contributed by atoms with van der Waals surface area (Å²) in [6.07, 6.45) is 5.26. The summed E-state index contributed by atoms with van der Waals surface area (Å²) >= 11 is 0. The predicted octanol–water partition coefficient (Wildman–Crippen LogP) is 0.0999. The number of fused-ring (bicyclic) bond motifs is 1. The molecule has 2 heterocycles. The first kappa shape index (κ1) is 8.00. The molecule has 2 aromatic rings. The molecule has 0 atom stereocenters. The first-order valence-corrected chi connectivity index (χ1v) is 4.14. The van der Waals surface area contributed by atoms with Crippen LogP contribution in [0, 0.1) is 0 Å². The van der Waals surface area contributed by atoms with Crippen LogP contribution in [0.5, 0.6) is 0 Å². The van der Waals surface area contributed by atoms with E-state index in [2.05, 4.69) is 15.4 Å². The molecule has 2 aromatic heterocycles. The molecule has 0 bridgehead atoms. The Morgan fingerprint density at radius 2 is 2.38 bits per heavy atom. The van der Waals surface area contributed by atoms with Gasteiger partial charge in [-0.1, -0.05) is 0 Å². The number of hydrogen-bond donors (Lipinski definition) is 2. The average molecular weight is 177 g/mol. The lowest BCUT2D eigenvalue weighted by Gasteiger charge is -2.04. The molecular weight excluding hydrogens is 166 g/mol.